The Bertz CT molecular complexity index is 1140. The van der Waals surface area contributed by atoms with Crippen molar-refractivity contribution in [3.05, 3.63) is 34.5 Å². The molecule has 1 amide bonds. The smallest absolute Gasteiger partial charge is 0.273 e. The lowest BCUT2D eigenvalue weighted by molar-refractivity contribution is -0.122. The van der Waals surface area contributed by atoms with Gasteiger partial charge in [-0.25, -0.2) is 9.97 Å². The molecule has 8 nitrogen and oxygen atoms in total. The second kappa shape index (κ2) is 7.83. The Kier molecular flexibility index (Phi) is 5.02. The number of rotatable bonds is 6. The van der Waals surface area contributed by atoms with Crippen LogP contribution in [0.1, 0.15) is 62.6 Å². The molecule has 0 aromatic carbocycles. The first-order valence-electron chi connectivity index (χ1n) is 10.8. The molecule has 2 saturated carbocycles. The van der Waals surface area contributed by atoms with E-state index in [0.717, 1.165) is 60.6 Å². The van der Waals surface area contributed by atoms with Crippen LogP contribution in [0.3, 0.4) is 0 Å². The van der Waals surface area contributed by atoms with Crippen LogP contribution in [0.5, 0.6) is 0 Å². The molecule has 0 aliphatic heterocycles. The van der Waals surface area contributed by atoms with Gasteiger partial charge in [-0.15, -0.1) is 0 Å². The fraction of sp³-hybridized carbons (Fsp3) is 0.545. The molecule has 2 aliphatic rings. The summed E-state index contributed by atoms with van der Waals surface area (Å²) in [5.74, 6) is 0.314. The van der Waals surface area contributed by atoms with E-state index >= 15 is 0 Å². The van der Waals surface area contributed by atoms with Crippen LogP contribution in [0, 0.1) is 0 Å². The summed E-state index contributed by atoms with van der Waals surface area (Å²) >= 11 is 0. The number of pyridine rings is 1. The molecule has 2 N–H and O–H groups in total. The van der Waals surface area contributed by atoms with E-state index in [2.05, 4.69) is 15.3 Å². The molecule has 30 heavy (non-hydrogen) atoms. The molecule has 0 spiro atoms. The second-order valence-corrected chi connectivity index (χ2v) is 8.49. The molecule has 2 aliphatic carbocycles. The zero-order chi connectivity index (χ0) is 20.7. The molecule has 2 fully saturated rings. The van der Waals surface area contributed by atoms with Crippen LogP contribution < -0.4 is 10.9 Å². The predicted octanol–water partition coefficient (Wildman–Crippen LogP) is 2.79. The lowest BCUT2D eigenvalue weighted by Gasteiger charge is -2.31. The van der Waals surface area contributed by atoms with Gasteiger partial charge in [0.15, 0.2) is 0 Å². The Labute approximate surface area is 174 Å². The summed E-state index contributed by atoms with van der Waals surface area (Å²) in [7, 11) is 1.60. The number of H-pyrrole nitrogens is 1. The zero-order valence-corrected chi connectivity index (χ0v) is 17.2. The van der Waals surface area contributed by atoms with E-state index in [-0.39, 0.29) is 29.5 Å². The average Bonchev–Trinajstić information content (AvgIpc) is 3.48. The summed E-state index contributed by atoms with van der Waals surface area (Å²) in [6.45, 7) is 0.435. The quantitative estimate of drug-likeness (QED) is 0.652. The molecule has 3 aromatic heterocycles. The summed E-state index contributed by atoms with van der Waals surface area (Å²) in [4.78, 5) is 37.9. The maximum atomic E-state index is 13.5. The minimum absolute atomic E-state index is 0.0305. The molecule has 0 saturated heterocycles. The number of aromatic amines is 1. The highest BCUT2D eigenvalue weighted by Crippen LogP contribution is 2.39. The van der Waals surface area contributed by atoms with Crippen molar-refractivity contribution in [2.45, 2.75) is 62.9 Å². The van der Waals surface area contributed by atoms with Crippen molar-refractivity contribution in [1.82, 2.24) is 24.8 Å². The van der Waals surface area contributed by atoms with E-state index in [4.69, 9.17) is 9.72 Å². The van der Waals surface area contributed by atoms with Crippen molar-refractivity contribution in [2.24, 2.45) is 0 Å². The largest absolute Gasteiger partial charge is 0.384 e. The van der Waals surface area contributed by atoms with Crippen LogP contribution in [0.2, 0.25) is 0 Å². The van der Waals surface area contributed by atoms with Crippen LogP contribution in [0.15, 0.2) is 23.3 Å². The van der Waals surface area contributed by atoms with Gasteiger partial charge in [0.1, 0.15) is 16.9 Å². The van der Waals surface area contributed by atoms with Gasteiger partial charge in [-0.3, -0.25) is 9.59 Å². The molecule has 158 valence electrons. The lowest BCUT2D eigenvalue weighted by atomic mass is 9.90. The minimum Gasteiger partial charge on any atom is -0.384 e. The molecule has 5 rings (SSSR count). The first kappa shape index (κ1) is 19.2. The summed E-state index contributed by atoms with van der Waals surface area (Å²) in [6, 6.07) is 2.24. The number of ether oxygens (including phenoxy) is 1. The van der Waals surface area contributed by atoms with Crippen molar-refractivity contribution in [3.8, 4) is 0 Å². The van der Waals surface area contributed by atoms with Gasteiger partial charge in [-0.05, 0) is 44.6 Å². The number of nitrogens with zero attached hydrogens (tertiary/aromatic N) is 3. The number of methoxy groups -OCH3 is 1. The third kappa shape index (κ3) is 3.49. The van der Waals surface area contributed by atoms with Crippen LogP contribution in [-0.4, -0.2) is 45.2 Å². The number of carbonyl (C=O) groups is 1. The van der Waals surface area contributed by atoms with Crippen LogP contribution in [-0.2, 0) is 9.53 Å². The summed E-state index contributed by atoms with van der Waals surface area (Å²) in [5.41, 5.74) is 3.18. The molecule has 0 radical (unpaired) electrons. The SMILES string of the molecule is COCCC(=O)N[C@H]1CC[C@H](n2c(=O)c(C3CC3)nc3cnc4[nH]ccc4c32)CC1. The van der Waals surface area contributed by atoms with Gasteiger partial charge in [0.05, 0.1) is 18.3 Å². The van der Waals surface area contributed by atoms with E-state index in [1.807, 2.05) is 16.8 Å². The van der Waals surface area contributed by atoms with Gasteiger partial charge < -0.3 is 19.6 Å². The van der Waals surface area contributed by atoms with Crippen molar-refractivity contribution in [1.29, 1.82) is 0 Å². The highest BCUT2D eigenvalue weighted by molar-refractivity contribution is 6.00. The summed E-state index contributed by atoms with van der Waals surface area (Å²) < 4.78 is 6.97. The van der Waals surface area contributed by atoms with E-state index in [1.54, 1.807) is 13.3 Å². The molecule has 8 heteroatoms. The molecule has 0 bridgehead atoms. The van der Waals surface area contributed by atoms with Gasteiger partial charge in [0.2, 0.25) is 5.91 Å². The minimum atomic E-state index is 0.0305. The Morgan fingerprint density at radius 1 is 1.27 bits per heavy atom. The van der Waals surface area contributed by atoms with Gasteiger partial charge in [0.25, 0.3) is 5.56 Å². The highest BCUT2D eigenvalue weighted by Gasteiger charge is 2.32. The van der Waals surface area contributed by atoms with E-state index in [9.17, 15) is 9.59 Å². The number of carbonyl (C=O) groups excluding carboxylic acids is 1. The van der Waals surface area contributed by atoms with E-state index in [0.29, 0.717) is 18.7 Å². The Morgan fingerprint density at radius 2 is 2.07 bits per heavy atom. The van der Waals surface area contributed by atoms with Gasteiger partial charge >= 0.3 is 0 Å². The lowest BCUT2D eigenvalue weighted by Crippen LogP contribution is -2.40. The third-order valence-corrected chi connectivity index (χ3v) is 6.38. The summed E-state index contributed by atoms with van der Waals surface area (Å²) in [6.07, 6.45) is 9.51. The first-order valence-corrected chi connectivity index (χ1v) is 10.8. The van der Waals surface area contributed by atoms with Gasteiger partial charge in [-0.1, -0.05) is 0 Å². The highest BCUT2D eigenvalue weighted by atomic mass is 16.5. The third-order valence-electron chi connectivity index (χ3n) is 6.38. The molecule has 3 aromatic rings. The van der Waals surface area contributed by atoms with Gasteiger partial charge in [-0.2, -0.15) is 0 Å². The van der Waals surface area contributed by atoms with Crippen molar-refractivity contribution < 1.29 is 9.53 Å². The zero-order valence-electron chi connectivity index (χ0n) is 17.2. The molecule has 0 atom stereocenters. The maximum absolute atomic E-state index is 13.5. The summed E-state index contributed by atoms with van der Waals surface area (Å²) in [5, 5.41) is 4.05. The predicted molar refractivity (Wildman–Crippen MR) is 114 cm³/mol. The molecular weight excluding hydrogens is 382 g/mol. The van der Waals surface area contributed by atoms with E-state index < -0.39 is 0 Å². The van der Waals surface area contributed by atoms with Crippen LogP contribution in [0.25, 0.3) is 22.1 Å². The average molecular weight is 409 g/mol. The van der Waals surface area contributed by atoms with Crippen molar-refractivity contribution in [2.75, 3.05) is 13.7 Å². The van der Waals surface area contributed by atoms with Crippen LogP contribution in [0.4, 0.5) is 0 Å². The number of aromatic nitrogens is 4. The monoisotopic (exact) mass is 409 g/mol. The fourth-order valence-electron chi connectivity index (χ4n) is 4.66. The second-order valence-electron chi connectivity index (χ2n) is 8.49. The maximum Gasteiger partial charge on any atom is 0.273 e. The van der Waals surface area contributed by atoms with Gasteiger partial charge in [0, 0.05) is 43.1 Å². The number of hydrogen-bond acceptors (Lipinski definition) is 5. The molecule has 3 heterocycles. The first-order chi connectivity index (χ1) is 14.7. The van der Waals surface area contributed by atoms with Crippen LogP contribution >= 0.6 is 0 Å². The standard InChI is InChI=1S/C22H27N5O3/c1-30-11-9-18(28)25-14-4-6-15(7-5-14)27-20-16-8-10-23-21(16)24-12-17(20)26-19(22(27)29)13-2-3-13/h8,10,12-15H,2-7,9,11H2,1H3,(H,23,24)(H,25,28)/t14-,15-. The van der Waals surface area contributed by atoms with Crippen molar-refractivity contribution >= 4 is 28.0 Å². The molecule has 0 unspecified atom stereocenters. The number of hydrogen-bond donors (Lipinski definition) is 2. The Balaban J connectivity index is 1.47. The molecular formula is C22H27N5O3. The van der Waals surface area contributed by atoms with E-state index in [1.165, 1.54) is 0 Å². The number of fused-ring (bicyclic) bond motifs is 3. The topological polar surface area (TPSA) is 102 Å². The Hall–Kier alpha value is -2.74. The Morgan fingerprint density at radius 3 is 2.80 bits per heavy atom. The number of nitrogens with one attached hydrogen (secondary N) is 2. The normalized spacial score (nSPS) is 21.9. The fourth-order valence-corrected chi connectivity index (χ4v) is 4.66. The van der Waals surface area contributed by atoms with Crippen molar-refractivity contribution in [3.63, 3.8) is 0 Å². The number of amides is 1.